The Morgan fingerprint density at radius 2 is 2.30 bits per heavy atom. The summed E-state index contributed by atoms with van der Waals surface area (Å²) < 4.78 is 1.71. The summed E-state index contributed by atoms with van der Waals surface area (Å²) in [7, 11) is 1.84. The first kappa shape index (κ1) is 14.3. The fourth-order valence-electron chi connectivity index (χ4n) is 2.12. The number of rotatable bonds is 5. The highest BCUT2D eigenvalue weighted by atomic mass is 16.1. The van der Waals surface area contributed by atoms with Gasteiger partial charge in [0.1, 0.15) is 11.6 Å². The number of carbonyl (C=O) groups excluding carboxylic acids is 1. The number of nitrogens with one attached hydrogen (secondary N) is 1. The molecule has 1 aromatic heterocycles. The molecule has 1 unspecified atom stereocenters. The molecule has 1 atom stereocenters. The highest BCUT2D eigenvalue weighted by Gasteiger charge is 2.24. The summed E-state index contributed by atoms with van der Waals surface area (Å²) in [6, 6.07) is 1.87. The first-order valence-electron chi connectivity index (χ1n) is 6.92. The Labute approximate surface area is 119 Å². The van der Waals surface area contributed by atoms with Gasteiger partial charge in [0.25, 0.3) is 5.91 Å². The standard InChI is InChI=1S/C15H20N4O/c1-10(2)14(13-8-17-19(3)9-13)18-15(20)12(7-16)6-11-4-5-11/h6,8-11,14H,4-5H2,1-3H3,(H,18,20)/b12-6+. The summed E-state index contributed by atoms with van der Waals surface area (Å²) in [4.78, 5) is 12.2. The molecule has 1 saturated carbocycles. The molecule has 20 heavy (non-hydrogen) atoms. The highest BCUT2D eigenvalue weighted by molar-refractivity contribution is 5.97. The van der Waals surface area contributed by atoms with E-state index in [0.29, 0.717) is 5.92 Å². The van der Waals surface area contributed by atoms with Gasteiger partial charge in [0.2, 0.25) is 0 Å². The monoisotopic (exact) mass is 272 g/mol. The van der Waals surface area contributed by atoms with Gasteiger partial charge >= 0.3 is 0 Å². The number of nitriles is 1. The number of allylic oxidation sites excluding steroid dienone is 1. The van der Waals surface area contributed by atoms with Crippen LogP contribution in [-0.4, -0.2) is 15.7 Å². The molecule has 0 spiro atoms. The van der Waals surface area contributed by atoms with Crippen LogP contribution in [0.2, 0.25) is 0 Å². The van der Waals surface area contributed by atoms with Crippen molar-refractivity contribution in [1.29, 1.82) is 5.26 Å². The van der Waals surface area contributed by atoms with Gasteiger partial charge in [-0.15, -0.1) is 0 Å². The summed E-state index contributed by atoms with van der Waals surface area (Å²) >= 11 is 0. The molecule has 5 heteroatoms. The van der Waals surface area contributed by atoms with Gasteiger partial charge in [-0.1, -0.05) is 19.9 Å². The molecule has 5 nitrogen and oxygen atoms in total. The minimum atomic E-state index is -0.290. The zero-order valence-electron chi connectivity index (χ0n) is 12.1. The predicted molar refractivity (Wildman–Crippen MR) is 75.3 cm³/mol. The Hall–Kier alpha value is -2.09. The predicted octanol–water partition coefficient (Wildman–Crippen LogP) is 2.09. The largest absolute Gasteiger partial charge is 0.344 e. The van der Waals surface area contributed by atoms with E-state index in [2.05, 4.69) is 10.4 Å². The second kappa shape index (κ2) is 5.91. The summed E-state index contributed by atoms with van der Waals surface area (Å²) in [5, 5.41) is 16.2. The van der Waals surface area contributed by atoms with Crippen LogP contribution < -0.4 is 5.32 Å². The second-order valence-electron chi connectivity index (χ2n) is 5.67. The number of aryl methyl sites for hydroxylation is 1. The zero-order valence-corrected chi connectivity index (χ0v) is 12.1. The first-order chi connectivity index (χ1) is 9.51. The van der Waals surface area contributed by atoms with Crippen molar-refractivity contribution in [3.05, 3.63) is 29.6 Å². The van der Waals surface area contributed by atoms with Crippen molar-refractivity contribution >= 4 is 5.91 Å². The summed E-state index contributed by atoms with van der Waals surface area (Å²) in [5.41, 5.74) is 1.18. The Morgan fingerprint density at radius 1 is 1.60 bits per heavy atom. The van der Waals surface area contributed by atoms with Crippen LogP contribution in [0.1, 0.15) is 38.3 Å². The van der Waals surface area contributed by atoms with E-state index in [-0.39, 0.29) is 23.4 Å². The van der Waals surface area contributed by atoms with Crippen LogP contribution in [0.3, 0.4) is 0 Å². The van der Waals surface area contributed by atoms with Crippen molar-refractivity contribution in [2.75, 3.05) is 0 Å². The maximum Gasteiger partial charge on any atom is 0.262 e. The van der Waals surface area contributed by atoms with Gasteiger partial charge in [-0.05, 0) is 24.7 Å². The molecular formula is C15H20N4O. The van der Waals surface area contributed by atoms with E-state index in [1.807, 2.05) is 33.2 Å². The molecule has 1 N–H and O–H groups in total. The number of hydrogen-bond acceptors (Lipinski definition) is 3. The quantitative estimate of drug-likeness (QED) is 0.659. The van der Waals surface area contributed by atoms with E-state index >= 15 is 0 Å². The average Bonchev–Trinajstić information content (AvgIpc) is 3.13. The molecule has 1 heterocycles. The third-order valence-corrected chi connectivity index (χ3v) is 3.43. The summed E-state index contributed by atoms with van der Waals surface area (Å²) in [5.74, 6) is 0.345. The molecule has 1 fully saturated rings. The van der Waals surface area contributed by atoms with E-state index in [0.717, 1.165) is 18.4 Å². The molecule has 1 amide bonds. The first-order valence-corrected chi connectivity index (χ1v) is 6.92. The molecule has 0 saturated heterocycles. The van der Waals surface area contributed by atoms with Crippen LogP contribution >= 0.6 is 0 Å². The van der Waals surface area contributed by atoms with Crippen LogP contribution in [0.4, 0.5) is 0 Å². The molecule has 106 valence electrons. The normalized spacial score (nSPS) is 16.9. The Bertz CT molecular complexity index is 561. The summed E-state index contributed by atoms with van der Waals surface area (Å²) in [6.45, 7) is 4.07. The average molecular weight is 272 g/mol. The number of nitrogens with zero attached hydrogens (tertiary/aromatic N) is 3. The minimum absolute atomic E-state index is 0.132. The fraction of sp³-hybridized carbons (Fsp3) is 0.533. The Balaban J connectivity index is 2.12. The molecule has 0 bridgehead atoms. The van der Waals surface area contributed by atoms with Crippen molar-refractivity contribution in [3.8, 4) is 6.07 Å². The van der Waals surface area contributed by atoms with Gasteiger partial charge in [-0.3, -0.25) is 9.48 Å². The van der Waals surface area contributed by atoms with Crippen LogP contribution in [-0.2, 0) is 11.8 Å². The molecular weight excluding hydrogens is 252 g/mol. The van der Waals surface area contributed by atoms with E-state index < -0.39 is 0 Å². The van der Waals surface area contributed by atoms with E-state index in [1.54, 1.807) is 17.0 Å². The van der Waals surface area contributed by atoms with E-state index in [1.165, 1.54) is 0 Å². The lowest BCUT2D eigenvalue weighted by molar-refractivity contribution is -0.118. The van der Waals surface area contributed by atoms with Crippen molar-refractivity contribution < 1.29 is 4.79 Å². The smallest absolute Gasteiger partial charge is 0.262 e. The maximum absolute atomic E-state index is 12.2. The van der Waals surface area contributed by atoms with Gasteiger partial charge in [0.15, 0.2) is 0 Å². The van der Waals surface area contributed by atoms with E-state index in [4.69, 9.17) is 5.26 Å². The minimum Gasteiger partial charge on any atom is -0.344 e. The van der Waals surface area contributed by atoms with Gasteiger partial charge in [0, 0.05) is 18.8 Å². The molecule has 0 aliphatic heterocycles. The van der Waals surface area contributed by atoms with Crippen LogP contribution in [0.25, 0.3) is 0 Å². The lowest BCUT2D eigenvalue weighted by Gasteiger charge is -2.21. The van der Waals surface area contributed by atoms with Crippen molar-refractivity contribution in [1.82, 2.24) is 15.1 Å². The van der Waals surface area contributed by atoms with Crippen LogP contribution in [0.15, 0.2) is 24.0 Å². The lowest BCUT2D eigenvalue weighted by Crippen LogP contribution is -2.32. The number of carbonyl (C=O) groups is 1. The maximum atomic E-state index is 12.2. The van der Waals surface area contributed by atoms with Crippen LogP contribution in [0.5, 0.6) is 0 Å². The van der Waals surface area contributed by atoms with Crippen molar-refractivity contribution in [3.63, 3.8) is 0 Å². The molecule has 1 aromatic rings. The topological polar surface area (TPSA) is 70.7 Å². The van der Waals surface area contributed by atoms with Gasteiger partial charge in [0.05, 0.1) is 12.2 Å². The number of aromatic nitrogens is 2. The van der Waals surface area contributed by atoms with Crippen molar-refractivity contribution in [2.45, 2.75) is 32.7 Å². The Kier molecular flexibility index (Phi) is 4.23. The molecule has 1 aliphatic carbocycles. The fourth-order valence-corrected chi connectivity index (χ4v) is 2.12. The van der Waals surface area contributed by atoms with Gasteiger partial charge in [-0.25, -0.2) is 0 Å². The molecule has 0 aromatic carbocycles. The third kappa shape index (κ3) is 3.47. The number of hydrogen-bond donors (Lipinski definition) is 1. The lowest BCUT2D eigenvalue weighted by atomic mass is 9.98. The van der Waals surface area contributed by atoms with Crippen molar-refractivity contribution in [2.24, 2.45) is 18.9 Å². The SMILES string of the molecule is CC(C)C(NC(=O)/C(C#N)=C/C1CC1)c1cnn(C)c1. The van der Waals surface area contributed by atoms with E-state index in [9.17, 15) is 4.79 Å². The molecule has 1 aliphatic rings. The molecule has 0 radical (unpaired) electrons. The second-order valence-corrected chi connectivity index (χ2v) is 5.67. The summed E-state index contributed by atoms with van der Waals surface area (Å²) in [6.07, 6.45) is 7.59. The zero-order chi connectivity index (χ0) is 14.7. The van der Waals surface area contributed by atoms with Crippen LogP contribution in [0, 0.1) is 23.2 Å². The Morgan fingerprint density at radius 3 is 2.75 bits per heavy atom. The number of amides is 1. The third-order valence-electron chi connectivity index (χ3n) is 3.43. The molecule has 2 rings (SSSR count). The highest BCUT2D eigenvalue weighted by Crippen LogP contribution is 2.31. The van der Waals surface area contributed by atoms with Gasteiger partial charge < -0.3 is 5.32 Å². The van der Waals surface area contributed by atoms with Gasteiger partial charge in [-0.2, -0.15) is 10.4 Å².